The maximum atomic E-state index is 13.3. The summed E-state index contributed by atoms with van der Waals surface area (Å²) in [6, 6.07) is 14.1. The van der Waals surface area contributed by atoms with Crippen LogP contribution in [0.15, 0.2) is 57.9 Å². The van der Waals surface area contributed by atoms with Gasteiger partial charge in [0.05, 0.1) is 4.90 Å². The van der Waals surface area contributed by atoms with E-state index in [1.54, 1.807) is 24.3 Å². The maximum absolute atomic E-state index is 13.3. The number of rotatable bonds is 3. The van der Waals surface area contributed by atoms with Crippen LogP contribution in [-0.4, -0.2) is 42.7 Å². The molecule has 1 fully saturated rings. The average molecular weight is 463 g/mol. The Morgan fingerprint density at radius 2 is 1.68 bits per heavy atom. The second-order valence-electron chi connectivity index (χ2n) is 7.36. The molecule has 2 aliphatic rings. The lowest BCUT2D eigenvalue weighted by Crippen LogP contribution is -2.53. The zero-order valence-corrected chi connectivity index (χ0v) is 18.0. The fourth-order valence-corrected chi connectivity index (χ4v) is 5.99. The van der Waals surface area contributed by atoms with Crippen molar-refractivity contribution in [1.29, 1.82) is 0 Å². The maximum Gasteiger partial charge on any atom is 0.243 e. The minimum Gasteiger partial charge on any atom is -0.337 e. The van der Waals surface area contributed by atoms with Gasteiger partial charge in [-0.05, 0) is 54.7 Å². The average Bonchev–Trinajstić information content (AvgIpc) is 2.73. The summed E-state index contributed by atoms with van der Waals surface area (Å²) in [5.41, 5.74) is 2.43. The third kappa shape index (κ3) is 3.75. The van der Waals surface area contributed by atoms with E-state index >= 15 is 0 Å². The monoisotopic (exact) mass is 462 g/mol. The van der Waals surface area contributed by atoms with Crippen LogP contribution < -0.4 is 0 Å². The van der Waals surface area contributed by atoms with E-state index < -0.39 is 16.1 Å². The fourth-order valence-electron chi connectivity index (χ4n) is 4.08. The highest BCUT2D eigenvalue weighted by Gasteiger charge is 2.39. The van der Waals surface area contributed by atoms with Crippen LogP contribution in [0.4, 0.5) is 0 Å². The van der Waals surface area contributed by atoms with Gasteiger partial charge in [0.15, 0.2) is 0 Å². The zero-order chi connectivity index (χ0) is 19.7. The van der Waals surface area contributed by atoms with Crippen molar-refractivity contribution in [1.82, 2.24) is 9.21 Å². The SMILES string of the molecule is O=C([C@H]1CCCCN1S(=O)(=O)c1ccc(Br)cc1)N1CCc2ccccc2C1. The van der Waals surface area contributed by atoms with E-state index in [0.29, 0.717) is 26.1 Å². The molecule has 2 aliphatic heterocycles. The van der Waals surface area contributed by atoms with E-state index in [0.717, 1.165) is 29.3 Å². The normalized spacial score (nSPS) is 20.6. The van der Waals surface area contributed by atoms with E-state index in [1.165, 1.54) is 9.87 Å². The lowest BCUT2D eigenvalue weighted by atomic mass is 9.98. The Hall–Kier alpha value is -1.70. The Morgan fingerprint density at radius 3 is 2.43 bits per heavy atom. The number of halogens is 1. The summed E-state index contributed by atoms with van der Waals surface area (Å²) < 4.78 is 28.7. The summed E-state index contributed by atoms with van der Waals surface area (Å²) in [6.07, 6.45) is 3.04. The van der Waals surface area contributed by atoms with Crippen LogP contribution in [0, 0.1) is 0 Å². The molecule has 0 bridgehead atoms. The Morgan fingerprint density at radius 1 is 0.964 bits per heavy atom. The number of piperidine rings is 1. The van der Waals surface area contributed by atoms with Gasteiger partial charge in [-0.15, -0.1) is 0 Å². The number of fused-ring (bicyclic) bond motifs is 1. The molecule has 0 spiro atoms. The molecule has 1 amide bonds. The zero-order valence-electron chi connectivity index (χ0n) is 15.6. The first-order valence-electron chi connectivity index (χ1n) is 9.60. The van der Waals surface area contributed by atoms with Crippen LogP contribution in [-0.2, 0) is 27.8 Å². The third-order valence-corrected chi connectivity index (χ3v) is 8.05. The van der Waals surface area contributed by atoms with Crippen LogP contribution in [0.2, 0.25) is 0 Å². The van der Waals surface area contributed by atoms with Gasteiger partial charge < -0.3 is 4.90 Å². The van der Waals surface area contributed by atoms with Crippen molar-refractivity contribution in [3.8, 4) is 0 Å². The molecular weight excluding hydrogens is 440 g/mol. The van der Waals surface area contributed by atoms with E-state index in [2.05, 4.69) is 22.0 Å². The number of carbonyl (C=O) groups is 1. The summed E-state index contributed by atoms with van der Waals surface area (Å²) in [5, 5.41) is 0. The Bertz CT molecular complexity index is 975. The van der Waals surface area contributed by atoms with Gasteiger partial charge in [-0.1, -0.05) is 46.6 Å². The van der Waals surface area contributed by atoms with Crippen LogP contribution in [0.3, 0.4) is 0 Å². The van der Waals surface area contributed by atoms with Gasteiger partial charge in [-0.3, -0.25) is 4.79 Å². The molecule has 1 atom stereocenters. The highest BCUT2D eigenvalue weighted by atomic mass is 79.9. The number of nitrogens with zero attached hydrogens (tertiary/aromatic N) is 2. The molecule has 4 rings (SSSR count). The van der Waals surface area contributed by atoms with Gasteiger partial charge in [0.25, 0.3) is 0 Å². The number of hydrogen-bond donors (Lipinski definition) is 0. The van der Waals surface area contributed by atoms with Crippen LogP contribution >= 0.6 is 15.9 Å². The van der Waals surface area contributed by atoms with Crippen LogP contribution in [0.5, 0.6) is 0 Å². The summed E-state index contributed by atoms with van der Waals surface area (Å²) in [4.78, 5) is 15.4. The Labute approximate surface area is 174 Å². The van der Waals surface area contributed by atoms with Crippen molar-refractivity contribution in [3.05, 3.63) is 64.1 Å². The lowest BCUT2D eigenvalue weighted by Gasteiger charge is -2.38. The number of hydrogen-bond acceptors (Lipinski definition) is 3. The topological polar surface area (TPSA) is 57.7 Å². The molecule has 0 aliphatic carbocycles. The molecule has 28 heavy (non-hydrogen) atoms. The molecule has 148 valence electrons. The van der Waals surface area contributed by atoms with Gasteiger partial charge in [0.2, 0.25) is 15.9 Å². The summed E-state index contributed by atoms with van der Waals surface area (Å²) in [7, 11) is -3.71. The smallest absolute Gasteiger partial charge is 0.243 e. The van der Waals surface area contributed by atoms with Gasteiger partial charge in [-0.2, -0.15) is 4.31 Å². The van der Waals surface area contributed by atoms with E-state index in [-0.39, 0.29) is 10.8 Å². The van der Waals surface area contributed by atoms with E-state index in [1.807, 2.05) is 23.1 Å². The number of amides is 1. The van der Waals surface area contributed by atoms with Crippen molar-refractivity contribution in [2.75, 3.05) is 13.1 Å². The number of benzene rings is 2. The molecule has 7 heteroatoms. The molecule has 5 nitrogen and oxygen atoms in total. The van der Waals surface area contributed by atoms with Gasteiger partial charge in [0, 0.05) is 24.1 Å². The highest BCUT2D eigenvalue weighted by Crippen LogP contribution is 2.29. The largest absolute Gasteiger partial charge is 0.337 e. The van der Waals surface area contributed by atoms with Gasteiger partial charge in [0.1, 0.15) is 6.04 Å². The van der Waals surface area contributed by atoms with Crippen molar-refractivity contribution >= 4 is 31.9 Å². The molecule has 2 aromatic rings. The predicted octanol–water partition coefficient (Wildman–Crippen LogP) is 3.58. The minimum absolute atomic E-state index is 0.0742. The summed E-state index contributed by atoms with van der Waals surface area (Å²) in [5.74, 6) is -0.0742. The molecular formula is C21H23BrN2O3S. The molecule has 0 N–H and O–H groups in total. The molecule has 1 saturated heterocycles. The van der Waals surface area contributed by atoms with Gasteiger partial charge >= 0.3 is 0 Å². The van der Waals surface area contributed by atoms with Crippen molar-refractivity contribution in [3.63, 3.8) is 0 Å². The Balaban J connectivity index is 1.59. The lowest BCUT2D eigenvalue weighted by molar-refractivity contribution is -0.137. The number of carbonyl (C=O) groups excluding carboxylic acids is 1. The molecule has 0 aromatic heterocycles. The first-order valence-corrected chi connectivity index (χ1v) is 11.8. The third-order valence-electron chi connectivity index (χ3n) is 5.60. The van der Waals surface area contributed by atoms with Crippen molar-refractivity contribution < 1.29 is 13.2 Å². The standard InChI is InChI=1S/C21H23BrN2O3S/c22-18-8-10-19(11-9-18)28(26,27)24-13-4-3-7-20(24)21(25)23-14-12-16-5-1-2-6-17(16)15-23/h1-2,5-6,8-11,20H,3-4,7,12-15H2/t20-/m1/s1. The molecule has 0 saturated carbocycles. The second-order valence-corrected chi connectivity index (χ2v) is 10.2. The minimum atomic E-state index is -3.71. The first-order chi connectivity index (χ1) is 13.5. The number of sulfonamides is 1. The van der Waals surface area contributed by atoms with Crippen molar-refractivity contribution in [2.45, 2.75) is 43.2 Å². The molecule has 2 heterocycles. The molecule has 0 unspecified atom stereocenters. The van der Waals surface area contributed by atoms with Crippen molar-refractivity contribution in [2.24, 2.45) is 0 Å². The highest BCUT2D eigenvalue weighted by molar-refractivity contribution is 9.10. The predicted molar refractivity (Wildman–Crippen MR) is 111 cm³/mol. The van der Waals surface area contributed by atoms with Crippen LogP contribution in [0.1, 0.15) is 30.4 Å². The van der Waals surface area contributed by atoms with Gasteiger partial charge in [-0.25, -0.2) is 8.42 Å². The van der Waals surface area contributed by atoms with E-state index in [9.17, 15) is 13.2 Å². The summed E-state index contributed by atoms with van der Waals surface area (Å²) in [6.45, 7) is 1.58. The quantitative estimate of drug-likeness (QED) is 0.700. The Kier molecular flexibility index (Phi) is 5.58. The summed E-state index contributed by atoms with van der Waals surface area (Å²) >= 11 is 3.34. The molecule has 2 aromatic carbocycles. The van der Waals surface area contributed by atoms with Crippen LogP contribution in [0.25, 0.3) is 0 Å². The second kappa shape index (κ2) is 7.97. The fraction of sp³-hybridized carbons (Fsp3) is 0.381. The first kappa shape index (κ1) is 19.6. The molecule has 0 radical (unpaired) electrons. The van der Waals surface area contributed by atoms with E-state index in [4.69, 9.17) is 0 Å².